The highest BCUT2D eigenvalue weighted by atomic mass is 19.1. The highest BCUT2D eigenvalue weighted by Gasteiger charge is 2.23. The summed E-state index contributed by atoms with van der Waals surface area (Å²) in [5.41, 5.74) is 5.25. The van der Waals surface area contributed by atoms with Crippen LogP contribution in [0.3, 0.4) is 0 Å². The molecule has 192 valence electrons. The summed E-state index contributed by atoms with van der Waals surface area (Å²) >= 11 is 0. The molecule has 6 nitrogen and oxygen atoms in total. The molecule has 3 aromatic heterocycles. The standard InChI is InChI=1S/C32H24FN3O3/c1-19-15-24(20(2)36-27-13-8-14-34-29(27)23-11-6-7-12-26(23)33)32-25(16-19)30(37)28(22-17-35-38-18-22)31(39-32)21-9-4-3-5-10-21/h3-18,20,36H,1-2H3/t20-/m1/s1. The molecule has 7 heteroatoms. The summed E-state index contributed by atoms with van der Waals surface area (Å²) in [6, 6.07) is 23.2. The van der Waals surface area contributed by atoms with Crippen molar-refractivity contribution in [1.82, 2.24) is 10.1 Å². The van der Waals surface area contributed by atoms with Crippen molar-refractivity contribution in [3.05, 3.63) is 125 Å². The Morgan fingerprint density at radius 2 is 1.74 bits per heavy atom. The molecular formula is C32H24FN3O3. The Labute approximate surface area is 223 Å². The molecule has 3 heterocycles. The fourth-order valence-corrected chi connectivity index (χ4v) is 4.88. The molecule has 0 aliphatic heterocycles. The van der Waals surface area contributed by atoms with Crippen molar-refractivity contribution in [1.29, 1.82) is 0 Å². The molecule has 3 aromatic carbocycles. The first kappa shape index (κ1) is 24.3. The molecule has 39 heavy (non-hydrogen) atoms. The minimum atomic E-state index is -0.354. The quantitative estimate of drug-likeness (QED) is 0.243. The monoisotopic (exact) mass is 517 g/mol. The summed E-state index contributed by atoms with van der Waals surface area (Å²) in [5, 5.41) is 7.74. The highest BCUT2D eigenvalue weighted by Crippen LogP contribution is 2.37. The van der Waals surface area contributed by atoms with Crippen LogP contribution in [-0.2, 0) is 0 Å². The number of nitrogens with one attached hydrogen (secondary N) is 1. The van der Waals surface area contributed by atoms with Gasteiger partial charge in [0.1, 0.15) is 23.4 Å². The van der Waals surface area contributed by atoms with Crippen LogP contribution in [0, 0.1) is 12.7 Å². The van der Waals surface area contributed by atoms with Gasteiger partial charge in [0.25, 0.3) is 0 Å². The van der Waals surface area contributed by atoms with Gasteiger partial charge in [0.05, 0.1) is 34.6 Å². The lowest BCUT2D eigenvalue weighted by molar-refractivity contribution is 0.420. The number of hydrogen-bond donors (Lipinski definition) is 1. The zero-order valence-electron chi connectivity index (χ0n) is 21.3. The van der Waals surface area contributed by atoms with E-state index in [4.69, 9.17) is 8.94 Å². The number of nitrogens with zero attached hydrogens (tertiary/aromatic N) is 2. The van der Waals surface area contributed by atoms with E-state index in [9.17, 15) is 9.18 Å². The Morgan fingerprint density at radius 1 is 0.949 bits per heavy atom. The number of aromatic nitrogens is 2. The number of aryl methyl sites for hydroxylation is 1. The minimum Gasteiger partial charge on any atom is -0.455 e. The van der Waals surface area contributed by atoms with Crippen LogP contribution in [0.5, 0.6) is 0 Å². The van der Waals surface area contributed by atoms with Gasteiger partial charge in [-0.15, -0.1) is 0 Å². The maximum atomic E-state index is 14.7. The molecule has 1 atom stereocenters. The Kier molecular flexibility index (Phi) is 6.25. The maximum absolute atomic E-state index is 14.7. The number of benzene rings is 3. The van der Waals surface area contributed by atoms with Crippen molar-refractivity contribution < 1.29 is 13.3 Å². The first-order valence-corrected chi connectivity index (χ1v) is 12.5. The third-order valence-electron chi connectivity index (χ3n) is 6.70. The molecule has 1 N–H and O–H groups in total. The molecule has 0 spiro atoms. The van der Waals surface area contributed by atoms with Crippen molar-refractivity contribution in [3.8, 4) is 33.7 Å². The topological polar surface area (TPSA) is 81.2 Å². The first-order chi connectivity index (χ1) is 19.0. The normalized spacial score (nSPS) is 12.0. The molecule has 0 unspecified atom stereocenters. The zero-order valence-corrected chi connectivity index (χ0v) is 21.3. The second-order valence-corrected chi connectivity index (χ2v) is 9.39. The fourth-order valence-electron chi connectivity index (χ4n) is 4.88. The second-order valence-electron chi connectivity index (χ2n) is 9.39. The van der Waals surface area contributed by atoms with E-state index >= 15 is 0 Å². The van der Waals surface area contributed by atoms with Gasteiger partial charge in [-0.3, -0.25) is 9.78 Å². The van der Waals surface area contributed by atoms with Crippen molar-refractivity contribution in [2.45, 2.75) is 19.9 Å². The Hall–Kier alpha value is -5.04. The molecule has 0 amide bonds. The number of halogens is 1. The van der Waals surface area contributed by atoms with Gasteiger partial charge in [-0.2, -0.15) is 0 Å². The molecule has 0 aliphatic rings. The van der Waals surface area contributed by atoms with Gasteiger partial charge in [0, 0.05) is 28.5 Å². The van der Waals surface area contributed by atoms with Crippen LogP contribution >= 0.6 is 0 Å². The molecule has 0 saturated heterocycles. The van der Waals surface area contributed by atoms with Crippen LogP contribution < -0.4 is 10.7 Å². The largest absolute Gasteiger partial charge is 0.455 e. The van der Waals surface area contributed by atoms with E-state index < -0.39 is 0 Å². The van der Waals surface area contributed by atoms with Gasteiger partial charge >= 0.3 is 0 Å². The number of pyridine rings is 1. The van der Waals surface area contributed by atoms with Crippen LogP contribution in [0.4, 0.5) is 10.1 Å². The Bertz CT molecular complexity index is 1850. The van der Waals surface area contributed by atoms with E-state index in [0.29, 0.717) is 44.8 Å². The molecule has 0 fully saturated rings. The van der Waals surface area contributed by atoms with E-state index in [2.05, 4.69) is 15.5 Å². The van der Waals surface area contributed by atoms with E-state index in [1.165, 1.54) is 18.5 Å². The number of rotatable bonds is 6. The van der Waals surface area contributed by atoms with Gasteiger partial charge in [-0.05, 0) is 49.7 Å². The summed E-state index contributed by atoms with van der Waals surface area (Å²) in [7, 11) is 0. The van der Waals surface area contributed by atoms with Crippen LogP contribution in [-0.4, -0.2) is 10.1 Å². The van der Waals surface area contributed by atoms with Gasteiger partial charge in [0.2, 0.25) is 5.43 Å². The molecular weight excluding hydrogens is 493 g/mol. The van der Waals surface area contributed by atoms with Crippen LogP contribution in [0.2, 0.25) is 0 Å². The summed E-state index contributed by atoms with van der Waals surface area (Å²) in [6.45, 7) is 3.91. The van der Waals surface area contributed by atoms with Crippen LogP contribution in [0.15, 0.2) is 111 Å². The summed E-state index contributed by atoms with van der Waals surface area (Å²) < 4.78 is 26.3. The summed E-state index contributed by atoms with van der Waals surface area (Å²) in [6.07, 6.45) is 4.59. The average molecular weight is 518 g/mol. The van der Waals surface area contributed by atoms with Gasteiger partial charge < -0.3 is 14.3 Å². The number of anilines is 1. The zero-order chi connectivity index (χ0) is 26.9. The lowest BCUT2D eigenvalue weighted by Gasteiger charge is -2.20. The van der Waals surface area contributed by atoms with Crippen LogP contribution in [0.1, 0.15) is 24.1 Å². The fraction of sp³-hybridized carbons (Fsp3) is 0.0938. The lowest BCUT2D eigenvalue weighted by atomic mass is 9.96. The van der Waals surface area contributed by atoms with Gasteiger partial charge in [-0.1, -0.05) is 53.7 Å². The SMILES string of the molecule is Cc1cc([C@@H](C)Nc2cccnc2-c2ccccc2F)c2oc(-c3ccccc3)c(-c3cnoc3)c(=O)c2c1. The number of hydrogen-bond acceptors (Lipinski definition) is 6. The maximum Gasteiger partial charge on any atom is 0.201 e. The first-order valence-electron chi connectivity index (χ1n) is 12.5. The van der Waals surface area contributed by atoms with Crippen molar-refractivity contribution in [2.24, 2.45) is 0 Å². The molecule has 0 saturated carbocycles. The molecule has 0 bridgehead atoms. The lowest BCUT2D eigenvalue weighted by Crippen LogP contribution is -2.13. The number of fused-ring (bicyclic) bond motifs is 1. The van der Waals surface area contributed by atoms with Gasteiger partial charge in [-0.25, -0.2) is 4.39 Å². The van der Waals surface area contributed by atoms with Gasteiger partial charge in [0.15, 0.2) is 0 Å². The molecule has 0 aliphatic carbocycles. The second kappa shape index (κ2) is 10.0. The third kappa shape index (κ3) is 4.48. The smallest absolute Gasteiger partial charge is 0.201 e. The minimum absolute atomic E-state index is 0.177. The third-order valence-corrected chi connectivity index (χ3v) is 6.70. The van der Waals surface area contributed by atoms with E-state index in [0.717, 1.165) is 16.7 Å². The highest BCUT2D eigenvalue weighted by molar-refractivity contribution is 5.91. The Balaban J connectivity index is 1.53. The Morgan fingerprint density at radius 3 is 2.51 bits per heavy atom. The predicted molar refractivity (Wildman–Crippen MR) is 150 cm³/mol. The van der Waals surface area contributed by atoms with Crippen molar-refractivity contribution in [3.63, 3.8) is 0 Å². The predicted octanol–water partition coefficient (Wildman–Crippen LogP) is 7.80. The van der Waals surface area contributed by atoms with Crippen molar-refractivity contribution >= 4 is 16.7 Å². The molecule has 6 aromatic rings. The van der Waals surface area contributed by atoms with E-state index in [-0.39, 0.29) is 17.3 Å². The van der Waals surface area contributed by atoms with E-state index in [1.807, 2.05) is 62.4 Å². The molecule has 0 radical (unpaired) electrons. The van der Waals surface area contributed by atoms with E-state index in [1.54, 1.807) is 30.5 Å². The molecule has 6 rings (SSSR count). The average Bonchev–Trinajstić information content (AvgIpc) is 3.49. The summed E-state index contributed by atoms with van der Waals surface area (Å²) in [4.78, 5) is 18.4. The summed E-state index contributed by atoms with van der Waals surface area (Å²) in [5.74, 6) is 0.0784. The van der Waals surface area contributed by atoms with Crippen molar-refractivity contribution in [2.75, 3.05) is 5.32 Å². The van der Waals surface area contributed by atoms with Crippen LogP contribution in [0.25, 0.3) is 44.7 Å².